The fourth-order valence-electron chi connectivity index (χ4n) is 1.28. The summed E-state index contributed by atoms with van der Waals surface area (Å²) in [6.07, 6.45) is 9.33. The number of benzene rings is 1. The molecular formula is C11H7. The second-order valence-electron chi connectivity index (χ2n) is 2.48. The van der Waals surface area contributed by atoms with Crippen LogP contribution in [-0.4, -0.2) is 0 Å². The van der Waals surface area contributed by atoms with Crippen LogP contribution in [0.2, 0.25) is 0 Å². The van der Waals surface area contributed by atoms with Crippen molar-refractivity contribution in [2.75, 3.05) is 0 Å². The molecule has 0 amide bonds. The molecule has 0 nitrogen and oxygen atoms in total. The molecule has 0 aliphatic heterocycles. The predicted molar refractivity (Wildman–Crippen MR) is 46.7 cm³/mol. The molecule has 0 atom stereocenters. The van der Waals surface area contributed by atoms with Crippen LogP contribution < -0.4 is 0 Å². The summed E-state index contributed by atoms with van der Waals surface area (Å²) in [6.45, 7) is 0. The van der Waals surface area contributed by atoms with E-state index in [0.717, 1.165) is 5.92 Å². The summed E-state index contributed by atoms with van der Waals surface area (Å²) in [5.41, 5.74) is 2.40. The van der Waals surface area contributed by atoms with E-state index in [-0.39, 0.29) is 0 Å². The Morgan fingerprint density at radius 2 is 1.91 bits per heavy atom. The first-order valence-corrected chi connectivity index (χ1v) is 3.53. The molecule has 1 aliphatic carbocycles. The molecule has 51 valence electrons. The van der Waals surface area contributed by atoms with E-state index in [1.54, 1.807) is 0 Å². The van der Waals surface area contributed by atoms with Gasteiger partial charge in [0.1, 0.15) is 0 Å². The minimum atomic E-state index is 0.987. The topological polar surface area (TPSA) is 0 Å². The molecule has 0 heteroatoms. The smallest absolute Gasteiger partial charge is 0.0991 e. The van der Waals surface area contributed by atoms with Gasteiger partial charge in [-0.3, -0.25) is 0 Å². The molecule has 0 bridgehead atoms. The third-order valence-corrected chi connectivity index (χ3v) is 1.84. The Morgan fingerprint density at radius 1 is 1.09 bits per heavy atom. The van der Waals surface area contributed by atoms with Gasteiger partial charge in [0.05, 0.1) is 5.92 Å². The molecule has 0 saturated heterocycles. The monoisotopic (exact) mass is 139 g/mol. The van der Waals surface area contributed by atoms with Gasteiger partial charge in [0.2, 0.25) is 0 Å². The minimum absolute atomic E-state index is 0.987. The third kappa shape index (κ3) is 0.860. The van der Waals surface area contributed by atoms with E-state index < -0.39 is 0 Å². The normalized spacial score (nSPS) is 14.5. The largest absolute Gasteiger partial charge is 0.119 e. The second kappa shape index (κ2) is 2.29. The summed E-state index contributed by atoms with van der Waals surface area (Å²) in [5, 5.41) is 0. The zero-order valence-corrected chi connectivity index (χ0v) is 6.04. The molecule has 11 heavy (non-hydrogen) atoms. The molecule has 1 radical (unpaired) electrons. The van der Waals surface area contributed by atoms with Crippen molar-refractivity contribution in [1.29, 1.82) is 0 Å². The Bertz CT molecular complexity index is 339. The highest BCUT2D eigenvalue weighted by molar-refractivity contribution is 5.72. The van der Waals surface area contributed by atoms with Crippen LogP contribution >= 0.6 is 0 Å². The minimum Gasteiger partial charge on any atom is -0.119 e. The van der Waals surface area contributed by atoms with Crippen LogP contribution in [0.25, 0.3) is 6.08 Å². The zero-order valence-electron chi connectivity index (χ0n) is 6.04. The molecule has 0 fully saturated rings. The van der Waals surface area contributed by atoms with Gasteiger partial charge in [-0.15, -0.1) is 6.42 Å². The van der Waals surface area contributed by atoms with Gasteiger partial charge in [-0.25, -0.2) is 0 Å². The molecular weight excluding hydrogens is 132 g/mol. The molecule has 0 saturated carbocycles. The van der Waals surface area contributed by atoms with Gasteiger partial charge in [-0.1, -0.05) is 42.3 Å². The first kappa shape index (κ1) is 6.24. The Hall–Kier alpha value is -1.48. The molecule has 1 aliphatic rings. The highest BCUT2D eigenvalue weighted by Gasteiger charge is 2.13. The molecule has 0 N–H and O–H groups in total. The number of hydrogen-bond acceptors (Lipinski definition) is 0. The van der Waals surface area contributed by atoms with E-state index in [4.69, 9.17) is 6.42 Å². The average molecular weight is 139 g/mol. The third-order valence-electron chi connectivity index (χ3n) is 1.84. The Labute approximate surface area is 66.6 Å². The fourth-order valence-corrected chi connectivity index (χ4v) is 1.28. The fraction of sp³-hybridized carbons (Fsp3) is 0. The predicted octanol–water partition coefficient (Wildman–Crippen LogP) is 2.27. The van der Waals surface area contributed by atoms with Crippen LogP contribution in [0.5, 0.6) is 0 Å². The molecule has 0 heterocycles. The molecule has 2 rings (SSSR count). The van der Waals surface area contributed by atoms with Gasteiger partial charge < -0.3 is 0 Å². The van der Waals surface area contributed by atoms with Gasteiger partial charge in [0, 0.05) is 0 Å². The van der Waals surface area contributed by atoms with Crippen molar-refractivity contribution in [2.45, 2.75) is 0 Å². The SMILES string of the molecule is C#C[C]1C=Cc2ccccc21. The lowest BCUT2D eigenvalue weighted by Crippen LogP contribution is -1.88. The van der Waals surface area contributed by atoms with Crippen molar-refractivity contribution in [3.63, 3.8) is 0 Å². The van der Waals surface area contributed by atoms with Crippen molar-refractivity contribution < 1.29 is 0 Å². The maximum atomic E-state index is 5.31. The Morgan fingerprint density at radius 3 is 2.73 bits per heavy atom. The first-order valence-electron chi connectivity index (χ1n) is 3.53. The summed E-state index contributed by atoms with van der Waals surface area (Å²) in [5.74, 6) is 3.64. The summed E-state index contributed by atoms with van der Waals surface area (Å²) in [6, 6.07) is 8.13. The Kier molecular flexibility index (Phi) is 1.30. The van der Waals surface area contributed by atoms with Gasteiger partial charge in [0.15, 0.2) is 0 Å². The van der Waals surface area contributed by atoms with E-state index in [9.17, 15) is 0 Å². The second-order valence-corrected chi connectivity index (χ2v) is 2.48. The van der Waals surface area contributed by atoms with E-state index >= 15 is 0 Å². The molecule has 0 unspecified atom stereocenters. The van der Waals surface area contributed by atoms with Crippen LogP contribution in [0.3, 0.4) is 0 Å². The van der Waals surface area contributed by atoms with Crippen molar-refractivity contribution >= 4 is 6.08 Å². The molecule has 1 aromatic carbocycles. The van der Waals surface area contributed by atoms with Crippen molar-refractivity contribution in [3.8, 4) is 12.3 Å². The highest BCUT2D eigenvalue weighted by atomic mass is 14.1. The van der Waals surface area contributed by atoms with Crippen molar-refractivity contribution in [2.24, 2.45) is 0 Å². The molecule has 0 spiro atoms. The van der Waals surface area contributed by atoms with Crippen LogP contribution in [0.4, 0.5) is 0 Å². The first-order chi connectivity index (χ1) is 5.42. The summed E-state index contributed by atoms with van der Waals surface area (Å²) < 4.78 is 0. The summed E-state index contributed by atoms with van der Waals surface area (Å²) in [7, 11) is 0. The van der Waals surface area contributed by atoms with Crippen molar-refractivity contribution in [3.05, 3.63) is 47.4 Å². The number of hydrogen-bond donors (Lipinski definition) is 0. The van der Waals surface area contributed by atoms with Gasteiger partial charge >= 0.3 is 0 Å². The lowest BCUT2D eigenvalue weighted by atomic mass is 10.0. The molecule has 1 aromatic rings. The van der Waals surface area contributed by atoms with Crippen LogP contribution in [-0.2, 0) is 0 Å². The van der Waals surface area contributed by atoms with Crippen LogP contribution in [0.1, 0.15) is 11.1 Å². The highest BCUT2D eigenvalue weighted by Crippen LogP contribution is 2.27. The van der Waals surface area contributed by atoms with Crippen LogP contribution in [0.15, 0.2) is 30.3 Å². The van der Waals surface area contributed by atoms with Gasteiger partial charge in [-0.2, -0.15) is 0 Å². The zero-order chi connectivity index (χ0) is 7.68. The van der Waals surface area contributed by atoms with Gasteiger partial charge in [0.25, 0.3) is 0 Å². The van der Waals surface area contributed by atoms with Gasteiger partial charge in [-0.05, 0) is 11.1 Å². The van der Waals surface area contributed by atoms with Crippen molar-refractivity contribution in [1.82, 2.24) is 0 Å². The van der Waals surface area contributed by atoms with Crippen LogP contribution in [0, 0.1) is 18.3 Å². The lowest BCUT2D eigenvalue weighted by molar-refractivity contribution is 1.44. The standard InChI is InChI=1S/C11H7/c1-2-9-7-8-10-5-3-4-6-11(9)10/h1,3-8H. The summed E-state index contributed by atoms with van der Waals surface area (Å²) >= 11 is 0. The van der Waals surface area contributed by atoms with E-state index in [1.165, 1.54) is 11.1 Å². The number of allylic oxidation sites excluding steroid dienone is 1. The number of fused-ring (bicyclic) bond motifs is 1. The maximum Gasteiger partial charge on any atom is 0.0991 e. The number of rotatable bonds is 0. The lowest BCUT2D eigenvalue weighted by Gasteiger charge is -2.00. The summed E-state index contributed by atoms with van der Waals surface area (Å²) in [4.78, 5) is 0. The quantitative estimate of drug-likeness (QED) is 0.484. The maximum absolute atomic E-state index is 5.31. The van der Waals surface area contributed by atoms with E-state index in [2.05, 4.69) is 12.0 Å². The number of terminal acetylenes is 1. The van der Waals surface area contributed by atoms with E-state index in [1.807, 2.05) is 30.4 Å². The Balaban J connectivity index is 2.56. The van der Waals surface area contributed by atoms with E-state index in [0.29, 0.717) is 0 Å². The molecule has 0 aromatic heterocycles. The average Bonchev–Trinajstić information content (AvgIpc) is 2.47.